The predicted octanol–water partition coefficient (Wildman–Crippen LogP) is 2.14. The molecule has 0 aliphatic heterocycles. The average molecular weight is 200 g/mol. The first-order valence-corrected chi connectivity index (χ1v) is 4.73. The van der Waals surface area contributed by atoms with Crippen molar-refractivity contribution in [1.82, 2.24) is 4.98 Å². The van der Waals surface area contributed by atoms with Gasteiger partial charge in [-0.3, -0.25) is 4.98 Å². The molecule has 0 saturated carbocycles. The van der Waals surface area contributed by atoms with Gasteiger partial charge in [-0.1, -0.05) is 30.4 Å². The van der Waals surface area contributed by atoms with Crippen molar-refractivity contribution in [3.63, 3.8) is 0 Å². The summed E-state index contributed by atoms with van der Waals surface area (Å²) in [5, 5.41) is 1.13. The fourth-order valence-electron chi connectivity index (χ4n) is 1.42. The first kappa shape index (κ1) is 9.83. The van der Waals surface area contributed by atoms with Gasteiger partial charge in [0.05, 0.1) is 12.1 Å². The first-order chi connectivity index (χ1) is 7.40. The molecule has 0 fully saturated rings. The number of nitrogens with zero attached hydrogens (tertiary/aromatic N) is 1. The molecule has 1 heterocycles. The van der Waals surface area contributed by atoms with E-state index < -0.39 is 0 Å². The molecule has 76 valence electrons. The summed E-state index contributed by atoms with van der Waals surface area (Å²) in [5.74, 6) is 4.92. The second-order valence-corrected chi connectivity index (χ2v) is 3.20. The molecule has 0 radical (unpaired) electrons. The van der Waals surface area contributed by atoms with Crippen molar-refractivity contribution in [2.45, 2.75) is 0 Å². The number of benzene rings is 1. The average Bonchev–Trinajstić information content (AvgIpc) is 2.29. The second-order valence-electron chi connectivity index (χ2n) is 3.20. The number of fused-ring (bicyclic) bond motifs is 1. The third-order valence-electron chi connectivity index (χ3n) is 2.11. The fourth-order valence-corrected chi connectivity index (χ4v) is 1.42. The van der Waals surface area contributed by atoms with Crippen LogP contribution in [0.2, 0.25) is 0 Å². The minimum Gasteiger partial charge on any atom is -0.300 e. The largest absolute Gasteiger partial charge is 0.300 e. The third kappa shape index (κ3) is 2.40. The van der Waals surface area contributed by atoms with Gasteiger partial charge in [0.1, 0.15) is 0 Å². The van der Waals surface area contributed by atoms with Crippen LogP contribution in [-0.4, -0.2) is 11.6 Å². The maximum Gasteiger partial charge on any atom is 0.0864 e. The Morgan fingerprint density at radius 3 is 3.07 bits per heavy atom. The van der Waals surface area contributed by atoms with E-state index in [1.165, 1.54) is 0 Å². The molecule has 3 heteroatoms. The van der Waals surface area contributed by atoms with E-state index in [4.69, 9.17) is 5.90 Å². The van der Waals surface area contributed by atoms with Gasteiger partial charge in [0, 0.05) is 11.6 Å². The van der Waals surface area contributed by atoms with Gasteiger partial charge in [-0.15, -0.1) is 0 Å². The zero-order valence-electron chi connectivity index (χ0n) is 8.26. The molecule has 0 atom stereocenters. The van der Waals surface area contributed by atoms with Gasteiger partial charge in [0.2, 0.25) is 0 Å². The maximum absolute atomic E-state index is 4.92. The zero-order chi connectivity index (χ0) is 10.5. The molecule has 0 aliphatic rings. The van der Waals surface area contributed by atoms with Crippen LogP contribution in [0.3, 0.4) is 0 Å². The van der Waals surface area contributed by atoms with E-state index in [0.717, 1.165) is 16.5 Å². The summed E-state index contributed by atoms with van der Waals surface area (Å²) in [7, 11) is 0. The lowest BCUT2D eigenvalue weighted by molar-refractivity contribution is 0.168. The van der Waals surface area contributed by atoms with E-state index in [2.05, 4.69) is 15.9 Å². The van der Waals surface area contributed by atoms with Crippen molar-refractivity contribution in [2.75, 3.05) is 6.61 Å². The van der Waals surface area contributed by atoms with Crippen LogP contribution >= 0.6 is 0 Å². The van der Waals surface area contributed by atoms with E-state index >= 15 is 0 Å². The molecular formula is C12H12N2O. The summed E-state index contributed by atoms with van der Waals surface area (Å²) in [4.78, 5) is 8.78. The van der Waals surface area contributed by atoms with Gasteiger partial charge in [-0.2, -0.15) is 0 Å². The van der Waals surface area contributed by atoms with Gasteiger partial charge >= 0.3 is 0 Å². The van der Waals surface area contributed by atoms with Crippen LogP contribution in [0.5, 0.6) is 0 Å². The fraction of sp³-hybridized carbons (Fsp3) is 0.0833. The topological polar surface area (TPSA) is 48.1 Å². The lowest BCUT2D eigenvalue weighted by Gasteiger charge is -1.97. The van der Waals surface area contributed by atoms with Crippen molar-refractivity contribution in [2.24, 2.45) is 5.90 Å². The summed E-state index contributed by atoms with van der Waals surface area (Å²) < 4.78 is 0. The highest BCUT2D eigenvalue weighted by Crippen LogP contribution is 2.13. The molecule has 1 aromatic heterocycles. The summed E-state index contributed by atoms with van der Waals surface area (Å²) in [5.41, 5.74) is 2.05. The lowest BCUT2D eigenvalue weighted by Crippen LogP contribution is -1.96. The summed E-state index contributed by atoms with van der Waals surface area (Å²) in [6.45, 7) is 0.410. The number of para-hydroxylation sites is 1. The molecule has 0 aliphatic carbocycles. The van der Waals surface area contributed by atoms with Crippen LogP contribution in [0.15, 0.2) is 42.6 Å². The van der Waals surface area contributed by atoms with E-state index in [1.807, 2.05) is 42.6 Å². The van der Waals surface area contributed by atoms with Crippen molar-refractivity contribution in [3.8, 4) is 0 Å². The number of hydrogen-bond acceptors (Lipinski definition) is 3. The Morgan fingerprint density at radius 1 is 1.33 bits per heavy atom. The van der Waals surface area contributed by atoms with E-state index in [1.54, 1.807) is 0 Å². The molecule has 3 nitrogen and oxygen atoms in total. The molecule has 0 saturated heterocycles. The highest BCUT2D eigenvalue weighted by atomic mass is 16.6. The van der Waals surface area contributed by atoms with Crippen molar-refractivity contribution < 1.29 is 4.84 Å². The Balaban J connectivity index is 2.30. The van der Waals surface area contributed by atoms with Crippen LogP contribution in [0.25, 0.3) is 17.0 Å². The number of rotatable bonds is 3. The Labute approximate surface area is 88.1 Å². The molecule has 2 aromatic rings. The van der Waals surface area contributed by atoms with E-state index in [9.17, 15) is 0 Å². The third-order valence-corrected chi connectivity index (χ3v) is 2.11. The number of hydrogen-bond donors (Lipinski definition) is 1. The first-order valence-electron chi connectivity index (χ1n) is 4.73. The highest BCUT2D eigenvalue weighted by molar-refractivity contribution is 5.80. The van der Waals surface area contributed by atoms with E-state index in [0.29, 0.717) is 6.61 Å². The molecular weight excluding hydrogens is 188 g/mol. The molecule has 15 heavy (non-hydrogen) atoms. The molecule has 2 rings (SSSR count). The standard InChI is InChI=1S/C12H12N2O/c13-15-7-3-4-10-8-11-5-1-2-6-12(11)14-9-10/h1-6,8-9H,7,13H2/b4-3-. The highest BCUT2D eigenvalue weighted by Gasteiger charge is 1.93. The minimum absolute atomic E-state index is 0.410. The number of aromatic nitrogens is 1. The molecule has 0 unspecified atom stereocenters. The Morgan fingerprint density at radius 2 is 2.20 bits per heavy atom. The Kier molecular flexibility index (Phi) is 3.07. The summed E-state index contributed by atoms with van der Waals surface area (Å²) in [6, 6.07) is 10.1. The van der Waals surface area contributed by atoms with Gasteiger partial charge in [0.25, 0.3) is 0 Å². The maximum atomic E-state index is 4.92. The number of nitrogens with two attached hydrogens (primary N) is 1. The van der Waals surface area contributed by atoms with E-state index in [-0.39, 0.29) is 0 Å². The van der Waals surface area contributed by atoms with Crippen LogP contribution in [0, 0.1) is 0 Å². The lowest BCUT2D eigenvalue weighted by atomic mass is 10.1. The zero-order valence-corrected chi connectivity index (χ0v) is 8.26. The molecule has 0 spiro atoms. The summed E-state index contributed by atoms with van der Waals surface area (Å²) in [6.07, 6.45) is 5.62. The Bertz CT molecular complexity index is 480. The molecule has 2 N–H and O–H groups in total. The van der Waals surface area contributed by atoms with Crippen molar-refractivity contribution in [1.29, 1.82) is 0 Å². The Hall–Kier alpha value is -1.71. The van der Waals surface area contributed by atoms with Crippen LogP contribution < -0.4 is 5.90 Å². The van der Waals surface area contributed by atoms with Gasteiger partial charge in [0.15, 0.2) is 0 Å². The SMILES string of the molecule is NOC/C=C\c1cnc2ccccc2c1. The van der Waals surface area contributed by atoms with Gasteiger partial charge in [-0.25, -0.2) is 5.90 Å². The van der Waals surface area contributed by atoms with Crippen LogP contribution in [0.4, 0.5) is 0 Å². The predicted molar refractivity (Wildman–Crippen MR) is 60.9 cm³/mol. The van der Waals surface area contributed by atoms with Crippen molar-refractivity contribution >= 4 is 17.0 Å². The molecule has 0 bridgehead atoms. The van der Waals surface area contributed by atoms with Gasteiger partial charge in [-0.05, 0) is 17.7 Å². The summed E-state index contributed by atoms with van der Waals surface area (Å²) >= 11 is 0. The van der Waals surface area contributed by atoms with Crippen LogP contribution in [0.1, 0.15) is 5.56 Å². The number of pyridine rings is 1. The van der Waals surface area contributed by atoms with Crippen molar-refractivity contribution in [3.05, 3.63) is 48.2 Å². The van der Waals surface area contributed by atoms with Crippen LogP contribution in [-0.2, 0) is 4.84 Å². The molecule has 1 aromatic carbocycles. The normalized spacial score (nSPS) is 11.3. The quantitative estimate of drug-likeness (QED) is 0.772. The smallest absolute Gasteiger partial charge is 0.0864 e. The van der Waals surface area contributed by atoms with Gasteiger partial charge < -0.3 is 4.84 Å². The minimum atomic E-state index is 0.410. The molecule has 0 amide bonds. The monoisotopic (exact) mass is 200 g/mol. The second kappa shape index (κ2) is 4.68.